The summed E-state index contributed by atoms with van der Waals surface area (Å²) < 4.78 is 4.60. The van der Waals surface area contributed by atoms with E-state index in [1.165, 1.54) is 0 Å². The molecule has 3 nitrogen and oxygen atoms in total. The molecule has 0 bridgehead atoms. The third-order valence-electron chi connectivity index (χ3n) is 0.588. The van der Waals surface area contributed by atoms with Crippen LogP contribution in [0.3, 0.4) is 0 Å². The minimum atomic E-state index is -0.204. The molecule has 0 amide bonds. The summed E-state index contributed by atoms with van der Waals surface area (Å²) in [5, 5.41) is 2.70. The van der Waals surface area contributed by atoms with E-state index < -0.39 is 0 Å². The van der Waals surface area contributed by atoms with E-state index >= 15 is 0 Å². The summed E-state index contributed by atoms with van der Waals surface area (Å²) in [6.07, 6.45) is 0. The summed E-state index contributed by atoms with van der Waals surface area (Å²) in [7, 11) is 1.54. The average molecular weight is 103 g/mol. The van der Waals surface area contributed by atoms with E-state index in [2.05, 4.69) is 9.91 Å². The molecule has 0 spiro atoms. The van der Waals surface area contributed by atoms with Gasteiger partial charge >= 0.3 is 0 Å². The Kier molecular flexibility index (Phi) is 3.50. The number of nitroso groups, excluding NO2 is 1. The molecule has 0 fully saturated rings. The van der Waals surface area contributed by atoms with Crippen molar-refractivity contribution in [1.29, 1.82) is 0 Å². The molecule has 1 atom stereocenters. The number of hydrogen-bond donors (Lipinski definition) is 0. The predicted molar refractivity (Wildman–Crippen MR) is 27.1 cm³/mol. The molecule has 0 saturated heterocycles. The summed E-state index contributed by atoms with van der Waals surface area (Å²) in [4.78, 5) is 9.56. The highest BCUT2D eigenvalue weighted by atomic mass is 16.5. The van der Waals surface area contributed by atoms with Crippen molar-refractivity contribution >= 4 is 0 Å². The molecule has 1 unspecified atom stereocenters. The van der Waals surface area contributed by atoms with Crippen LogP contribution in [-0.4, -0.2) is 19.8 Å². The van der Waals surface area contributed by atoms with Crippen molar-refractivity contribution in [2.45, 2.75) is 13.0 Å². The van der Waals surface area contributed by atoms with Gasteiger partial charge in [-0.1, -0.05) is 5.18 Å². The van der Waals surface area contributed by atoms with Gasteiger partial charge in [-0.05, 0) is 6.92 Å². The summed E-state index contributed by atoms with van der Waals surface area (Å²) in [6, 6.07) is -0.204. The minimum absolute atomic E-state index is 0.204. The molecular weight excluding hydrogens is 94.0 g/mol. The van der Waals surface area contributed by atoms with Crippen LogP contribution in [0.25, 0.3) is 0 Å². The van der Waals surface area contributed by atoms with Gasteiger partial charge in [-0.15, -0.1) is 0 Å². The SMILES string of the molecule is COCC(C)N=O. The molecule has 0 rings (SSSR count). The van der Waals surface area contributed by atoms with Gasteiger partial charge in [0.05, 0.1) is 6.61 Å². The van der Waals surface area contributed by atoms with Crippen LogP contribution in [0.2, 0.25) is 0 Å². The fraction of sp³-hybridized carbons (Fsp3) is 1.00. The van der Waals surface area contributed by atoms with Gasteiger partial charge in [0.1, 0.15) is 6.04 Å². The summed E-state index contributed by atoms with van der Waals surface area (Å²) in [5.74, 6) is 0. The molecule has 0 aromatic carbocycles. The Bertz CT molecular complexity index is 55.7. The largest absolute Gasteiger partial charge is 0.382 e. The Morgan fingerprint density at radius 3 is 2.57 bits per heavy atom. The van der Waals surface area contributed by atoms with Gasteiger partial charge in [0.25, 0.3) is 0 Å². The van der Waals surface area contributed by atoms with Crippen molar-refractivity contribution in [2.75, 3.05) is 13.7 Å². The molecule has 0 aromatic heterocycles. The lowest BCUT2D eigenvalue weighted by molar-refractivity contribution is 0.185. The predicted octanol–water partition coefficient (Wildman–Crippen LogP) is 0.788. The summed E-state index contributed by atoms with van der Waals surface area (Å²) in [5.41, 5.74) is 0. The van der Waals surface area contributed by atoms with Gasteiger partial charge < -0.3 is 4.74 Å². The van der Waals surface area contributed by atoms with E-state index in [-0.39, 0.29) is 6.04 Å². The highest BCUT2D eigenvalue weighted by Crippen LogP contribution is 1.85. The van der Waals surface area contributed by atoms with Crippen LogP contribution in [0.5, 0.6) is 0 Å². The maximum Gasteiger partial charge on any atom is 0.112 e. The Morgan fingerprint density at radius 1 is 1.86 bits per heavy atom. The second-order valence-corrected chi connectivity index (χ2v) is 1.41. The highest BCUT2D eigenvalue weighted by molar-refractivity contribution is 4.53. The number of nitrogens with zero attached hydrogens (tertiary/aromatic N) is 1. The molecule has 0 heterocycles. The zero-order valence-electron chi connectivity index (χ0n) is 4.55. The average Bonchev–Trinajstić information content (AvgIpc) is 1.68. The number of methoxy groups -OCH3 is 1. The lowest BCUT2D eigenvalue weighted by atomic mass is 10.4. The van der Waals surface area contributed by atoms with Crippen LogP contribution >= 0.6 is 0 Å². The van der Waals surface area contributed by atoms with E-state index in [1.54, 1.807) is 14.0 Å². The van der Waals surface area contributed by atoms with Gasteiger partial charge in [-0.2, -0.15) is 4.91 Å². The first-order valence-corrected chi connectivity index (χ1v) is 2.12. The standard InChI is InChI=1S/C4H9NO2/c1-4(5-6)3-7-2/h4H,3H2,1-2H3. The van der Waals surface area contributed by atoms with Crippen molar-refractivity contribution in [3.8, 4) is 0 Å². The van der Waals surface area contributed by atoms with Gasteiger partial charge in [-0.3, -0.25) is 0 Å². The fourth-order valence-corrected chi connectivity index (χ4v) is 0.272. The first-order valence-electron chi connectivity index (χ1n) is 2.12. The van der Waals surface area contributed by atoms with E-state index in [4.69, 9.17) is 0 Å². The molecule has 0 aromatic rings. The Morgan fingerprint density at radius 2 is 2.43 bits per heavy atom. The molecule has 0 saturated carbocycles. The first kappa shape index (κ1) is 6.56. The highest BCUT2D eigenvalue weighted by Gasteiger charge is 1.95. The molecule has 0 N–H and O–H groups in total. The molecule has 42 valence electrons. The maximum atomic E-state index is 9.56. The Labute approximate surface area is 42.6 Å². The molecule has 3 heteroatoms. The van der Waals surface area contributed by atoms with Gasteiger partial charge in [0, 0.05) is 7.11 Å². The fourth-order valence-electron chi connectivity index (χ4n) is 0.272. The van der Waals surface area contributed by atoms with Gasteiger partial charge in [0.2, 0.25) is 0 Å². The van der Waals surface area contributed by atoms with Gasteiger partial charge in [-0.25, -0.2) is 0 Å². The topological polar surface area (TPSA) is 38.7 Å². The van der Waals surface area contributed by atoms with Crippen LogP contribution in [0.1, 0.15) is 6.92 Å². The second-order valence-electron chi connectivity index (χ2n) is 1.41. The normalized spacial score (nSPS) is 13.4. The minimum Gasteiger partial charge on any atom is -0.382 e. The quantitative estimate of drug-likeness (QED) is 0.495. The Balaban J connectivity index is 2.98. The number of ether oxygens (including phenoxy) is 1. The Hall–Kier alpha value is -0.440. The van der Waals surface area contributed by atoms with E-state index in [9.17, 15) is 4.91 Å². The molecule has 0 aliphatic rings. The molecule has 7 heavy (non-hydrogen) atoms. The van der Waals surface area contributed by atoms with Crippen LogP contribution in [0.15, 0.2) is 5.18 Å². The van der Waals surface area contributed by atoms with Crippen LogP contribution < -0.4 is 0 Å². The maximum absolute atomic E-state index is 9.56. The van der Waals surface area contributed by atoms with Crippen molar-refractivity contribution in [1.82, 2.24) is 0 Å². The second kappa shape index (κ2) is 3.74. The van der Waals surface area contributed by atoms with Crippen molar-refractivity contribution < 1.29 is 4.74 Å². The van der Waals surface area contributed by atoms with Crippen LogP contribution in [-0.2, 0) is 4.74 Å². The van der Waals surface area contributed by atoms with Crippen molar-refractivity contribution in [2.24, 2.45) is 5.18 Å². The van der Waals surface area contributed by atoms with Crippen molar-refractivity contribution in [3.05, 3.63) is 4.91 Å². The van der Waals surface area contributed by atoms with Gasteiger partial charge in [0.15, 0.2) is 0 Å². The third-order valence-corrected chi connectivity index (χ3v) is 0.588. The summed E-state index contributed by atoms with van der Waals surface area (Å²) >= 11 is 0. The number of rotatable bonds is 3. The monoisotopic (exact) mass is 103 g/mol. The zero-order valence-corrected chi connectivity index (χ0v) is 4.55. The zero-order chi connectivity index (χ0) is 5.70. The number of hydrogen-bond acceptors (Lipinski definition) is 3. The smallest absolute Gasteiger partial charge is 0.112 e. The van der Waals surface area contributed by atoms with E-state index in [0.29, 0.717) is 6.61 Å². The molecule has 0 radical (unpaired) electrons. The summed E-state index contributed by atoms with van der Waals surface area (Å²) in [6.45, 7) is 2.12. The molecule has 0 aliphatic carbocycles. The van der Waals surface area contributed by atoms with E-state index in [1.807, 2.05) is 0 Å². The molecule has 0 aliphatic heterocycles. The first-order chi connectivity index (χ1) is 3.31. The van der Waals surface area contributed by atoms with Crippen molar-refractivity contribution in [3.63, 3.8) is 0 Å². The third kappa shape index (κ3) is 3.39. The lowest BCUT2D eigenvalue weighted by Gasteiger charge is -1.95. The van der Waals surface area contributed by atoms with Crippen LogP contribution in [0, 0.1) is 4.91 Å². The molecular formula is C4H9NO2. The lowest BCUT2D eigenvalue weighted by Crippen LogP contribution is -2.04. The van der Waals surface area contributed by atoms with Crippen LogP contribution in [0.4, 0.5) is 0 Å². The van der Waals surface area contributed by atoms with E-state index in [0.717, 1.165) is 0 Å².